The van der Waals surface area contributed by atoms with Crippen LogP contribution in [0.3, 0.4) is 0 Å². The van der Waals surface area contributed by atoms with Crippen molar-refractivity contribution in [2.24, 2.45) is 0 Å². The van der Waals surface area contributed by atoms with E-state index < -0.39 is 29.0 Å². The van der Waals surface area contributed by atoms with Gasteiger partial charge in [0.15, 0.2) is 17.3 Å². The molecule has 17 heteroatoms. The SMILES string of the molecule is Cc1ncnc(C(=O)N2CCC3(CCc4c3c(=O)n3nc(C5=CCOCC5)nc3n4CC(=O)Nc3ccc(C(F)(F)F)c4sccc34)CC2)c1O. The Labute approximate surface area is 291 Å². The van der Waals surface area contributed by atoms with E-state index in [1.807, 2.05) is 6.08 Å². The Balaban J connectivity index is 1.15. The van der Waals surface area contributed by atoms with E-state index >= 15 is 0 Å². The van der Waals surface area contributed by atoms with E-state index in [0.717, 1.165) is 23.0 Å². The van der Waals surface area contributed by atoms with Crippen LogP contribution in [0.4, 0.5) is 18.9 Å². The number of piperidine rings is 1. The van der Waals surface area contributed by atoms with Crippen molar-refractivity contribution < 1.29 is 32.6 Å². The maximum Gasteiger partial charge on any atom is 0.417 e. The van der Waals surface area contributed by atoms with Crippen LogP contribution in [-0.2, 0) is 34.1 Å². The van der Waals surface area contributed by atoms with Crippen LogP contribution in [0.2, 0.25) is 0 Å². The number of fused-ring (bicyclic) bond motifs is 4. The first-order valence-electron chi connectivity index (χ1n) is 16.4. The largest absolute Gasteiger partial charge is 0.504 e. The maximum atomic E-state index is 14.3. The summed E-state index contributed by atoms with van der Waals surface area (Å²) in [5, 5.41) is 19.7. The number of rotatable bonds is 5. The smallest absolute Gasteiger partial charge is 0.417 e. The Bertz CT molecular complexity index is 2340. The summed E-state index contributed by atoms with van der Waals surface area (Å²) in [5.74, 6) is -0.667. The van der Waals surface area contributed by atoms with Crippen molar-refractivity contribution in [3.05, 3.63) is 80.4 Å². The number of nitrogens with zero attached hydrogens (tertiary/aromatic N) is 7. The van der Waals surface area contributed by atoms with Gasteiger partial charge in [0.05, 0.1) is 24.5 Å². The van der Waals surface area contributed by atoms with Gasteiger partial charge in [0, 0.05) is 45.5 Å². The van der Waals surface area contributed by atoms with E-state index in [0.29, 0.717) is 81.2 Å². The predicted molar refractivity (Wildman–Crippen MR) is 180 cm³/mol. The average Bonchev–Trinajstić information content (AvgIpc) is 3.87. The molecule has 264 valence electrons. The summed E-state index contributed by atoms with van der Waals surface area (Å²) in [4.78, 5) is 55.7. The number of carbonyl (C=O) groups is 2. The Morgan fingerprint density at radius 2 is 1.92 bits per heavy atom. The van der Waals surface area contributed by atoms with Crippen LogP contribution in [0.15, 0.2) is 40.8 Å². The highest BCUT2D eigenvalue weighted by Gasteiger charge is 2.46. The summed E-state index contributed by atoms with van der Waals surface area (Å²) in [5.41, 5.74) is 0.702. The van der Waals surface area contributed by atoms with E-state index in [4.69, 9.17) is 9.72 Å². The Kier molecular flexibility index (Phi) is 7.94. The minimum Gasteiger partial charge on any atom is -0.504 e. The van der Waals surface area contributed by atoms with Crippen LogP contribution < -0.4 is 10.9 Å². The average molecular weight is 721 g/mol. The minimum atomic E-state index is -4.55. The van der Waals surface area contributed by atoms with Crippen LogP contribution in [-0.4, -0.2) is 77.3 Å². The molecule has 13 nitrogen and oxygen atoms in total. The van der Waals surface area contributed by atoms with Crippen molar-refractivity contribution >= 4 is 50.3 Å². The number of ether oxygens (including phenoxy) is 1. The molecule has 1 saturated heterocycles. The number of aromatic hydroxyl groups is 1. The van der Waals surface area contributed by atoms with Crippen LogP contribution in [0, 0.1) is 6.92 Å². The van der Waals surface area contributed by atoms with Crippen LogP contribution >= 0.6 is 11.3 Å². The first-order chi connectivity index (χ1) is 24.4. The zero-order chi connectivity index (χ0) is 35.7. The molecule has 6 heterocycles. The van der Waals surface area contributed by atoms with Gasteiger partial charge in [-0.25, -0.2) is 9.97 Å². The van der Waals surface area contributed by atoms with Crippen molar-refractivity contribution in [2.45, 2.75) is 57.2 Å². The first-order valence-corrected chi connectivity index (χ1v) is 17.3. The monoisotopic (exact) mass is 720 g/mol. The van der Waals surface area contributed by atoms with Gasteiger partial charge in [-0.15, -0.1) is 16.4 Å². The number of carbonyl (C=O) groups excluding carboxylic acids is 2. The molecular formula is C34H31F3N8O5S. The normalized spacial score (nSPS) is 17.3. The Morgan fingerprint density at radius 1 is 1.12 bits per heavy atom. The third-order valence-electron chi connectivity index (χ3n) is 10.2. The number of likely N-dealkylation sites (tertiary alicyclic amines) is 1. The van der Waals surface area contributed by atoms with E-state index in [1.165, 1.54) is 16.9 Å². The number of halogens is 3. The lowest BCUT2D eigenvalue weighted by Gasteiger charge is -2.39. The number of anilines is 1. The number of aryl methyl sites for hydroxylation is 1. The molecular weight excluding hydrogens is 689 g/mol. The number of benzene rings is 1. The minimum absolute atomic E-state index is 0.0237. The molecule has 0 bridgehead atoms. The number of amides is 2. The molecule has 1 fully saturated rings. The van der Waals surface area contributed by atoms with Gasteiger partial charge in [-0.1, -0.05) is 6.08 Å². The highest BCUT2D eigenvalue weighted by Crippen LogP contribution is 2.45. The highest BCUT2D eigenvalue weighted by molar-refractivity contribution is 7.17. The molecule has 2 aliphatic heterocycles. The Hall–Kier alpha value is -5.16. The number of aromatic nitrogens is 6. The lowest BCUT2D eigenvalue weighted by Crippen LogP contribution is -2.46. The fourth-order valence-corrected chi connectivity index (χ4v) is 8.50. The second-order valence-electron chi connectivity index (χ2n) is 13.0. The van der Waals surface area contributed by atoms with Gasteiger partial charge < -0.3 is 24.6 Å². The fourth-order valence-electron chi connectivity index (χ4n) is 7.55. The van der Waals surface area contributed by atoms with E-state index in [9.17, 15) is 32.7 Å². The molecule has 2 N–H and O–H groups in total. The molecule has 1 aromatic carbocycles. The second-order valence-corrected chi connectivity index (χ2v) is 13.9. The summed E-state index contributed by atoms with van der Waals surface area (Å²) in [6.07, 6.45) is 1.05. The molecule has 3 aliphatic rings. The number of hydrogen-bond acceptors (Lipinski definition) is 10. The standard InChI is InChI=1S/C34H31F3N8O5S/c1-18-27(47)26(39-17-38-18)31(49)43-11-9-33(10-12-43)8-4-23-25(33)30(48)45-32(41-29(42-45)19-5-13-50-14-6-19)44(23)16-24(46)40-22-3-2-21(34(35,36)37)28-20(22)7-15-51-28/h2-3,5,7,15,17,47H,4,6,8-14,16H2,1H3,(H,40,46). The van der Waals surface area contributed by atoms with Crippen LogP contribution in [0.25, 0.3) is 21.4 Å². The summed E-state index contributed by atoms with van der Waals surface area (Å²) in [6, 6.07) is 3.76. The Morgan fingerprint density at radius 3 is 2.67 bits per heavy atom. The maximum absolute atomic E-state index is 14.3. The number of alkyl halides is 3. The number of nitrogens with one attached hydrogen (secondary N) is 1. The molecule has 4 aromatic heterocycles. The first kappa shape index (κ1) is 33.0. The van der Waals surface area contributed by atoms with Crippen molar-refractivity contribution in [2.75, 3.05) is 31.6 Å². The van der Waals surface area contributed by atoms with Gasteiger partial charge in [0.2, 0.25) is 11.7 Å². The molecule has 2 amide bonds. The zero-order valence-corrected chi connectivity index (χ0v) is 28.1. The topological polar surface area (TPSA) is 157 Å². The lowest BCUT2D eigenvalue weighted by molar-refractivity contribution is -0.136. The predicted octanol–water partition coefficient (Wildman–Crippen LogP) is 4.49. The van der Waals surface area contributed by atoms with Gasteiger partial charge in [-0.2, -0.15) is 22.7 Å². The molecule has 5 aromatic rings. The van der Waals surface area contributed by atoms with Gasteiger partial charge >= 0.3 is 6.18 Å². The van der Waals surface area contributed by atoms with Crippen LogP contribution in [0.1, 0.15) is 64.5 Å². The van der Waals surface area contributed by atoms with Gasteiger partial charge in [-0.05, 0) is 68.2 Å². The molecule has 0 saturated carbocycles. The molecule has 1 aliphatic carbocycles. The summed E-state index contributed by atoms with van der Waals surface area (Å²) in [6.45, 7) is 2.77. The van der Waals surface area contributed by atoms with Gasteiger partial charge in [0.1, 0.15) is 12.9 Å². The van der Waals surface area contributed by atoms with E-state index in [2.05, 4.69) is 20.4 Å². The summed E-state index contributed by atoms with van der Waals surface area (Å²) in [7, 11) is 0. The van der Waals surface area contributed by atoms with E-state index in [-0.39, 0.29) is 45.1 Å². The molecule has 0 atom stereocenters. The van der Waals surface area contributed by atoms with Crippen molar-refractivity contribution in [1.82, 2.24) is 34.0 Å². The molecule has 8 rings (SSSR count). The number of hydrogen-bond donors (Lipinski definition) is 2. The second kappa shape index (κ2) is 12.3. The molecule has 0 unspecified atom stereocenters. The van der Waals surface area contributed by atoms with Gasteiger partial charge in [-0.3, -0.25) is 14.4 Å². The third kappa shape index (κ3) is 5.54. The van der Waals surface area contributed by atoms with E-state index in [1.54, 1.807) is 27.8 Å². The van der Waals surface area contributed by atoms with Gasteiger partial charge in [0.25, 0.3) is 11.5 Å². The molecule has 1 spiro atoms. The quantitative estimate of drug-likeness (QED) is 0.267. The summed E-state index contributed by atoms with van der Waals surface area (Å²) < 4.78 is 49.4. The van der Waals surface area contributed by atoms with Crippen molar-refractivity contribution in [3.8, 4) is 5.75 Å². The zero-order valence-electron chi connectivity index (χ0n) is 27.3. The molecule has 0 radical (unpaired) electrons. The summed E-state index contributed by atoms with van der Waals surface area (Å²) >= 11 is 0.946. The fraction of sp³-hybridized carbons (Fsp3) is 0.382. The lowest BCUT2D eigenvalue weighted by atomic mass is 9.74. The van der Waals surface area contributed by atoms with Crippen molar-refractivity contribution in [3.63, 3.8) is 0 Å². The molecule has 51 heavy (non-hydrogen) atoms. The third-order valence-corrected chi connectivity index (χ3v) is 11.1. The van der Waals surface area contributed by atoms with Crippen molar-refractivity contribution in [1.29, 1.82) is 0 Å². The number of thiophene rings is 1. The highest BCUT2D eigenvalue weighted by atomic mass is 32.1. The van der Waals surface area contributed by atoms with Crippen LogP contribution in [0.5, 0.6) is 5.75 Å².